The summed E-state index contributed by atoms with van der Waals surface area (Å²) in [5.74, 6) is 0.436. The third-order valence-electron chi connectivity index (χ3n) is 3.78. The van der Waals surface area contributed by atoms with Crippen LogP contribution in [0.1, 0.15) is 19.0 Å². The fourth-order valence-corrected chi connectivity index (χ4v) is 2.72. The zero-order chi connectivity index (χ0) is 16.4. The number of rotatable bonds is 5. The first-order valence-electron chi connectivity index (χ1n) is 7.50. The highest BCUT2D eigenvalue weighted by Gasteiger charge is 2.12. The number of carbonyl (C=O) groups excluding carboxylic acids is 1. The topological polar surface area (TPSA) is 72.8 Å². The number of aryl methyl sites for hydroxylation is 1. The van der Waals surface area contributed by atoms with Crippen LogP contribution >= 0.6 is 0 Å². The summed E-state index contributed by atoms with van der Waals surface area (Å²) in [6.45, 7) is 2.15. The van der Waals surface area contributed by atoms with Crippen LogP contribution in [0.25, 0.3) is 16.6 Å². The number of fused-ring (bicyclic) bond motifs is 3. The van der Waals surface area contributed by atoms with Crippen molar-refractivity contribution in [3.8, 4) is 5.75 Å². The molecule has 0 aliphatic carbocycles. The van der Waals surface area contributed by atoms with Gasteiger partial charge in [-0.1, -0.05) is 0 Å². The first-order valence-corrected chi connectivity index (χ1v) is 7.50. The summed E-state index contributed by atoms with van der Waals surface area (Å²) in [6, 6.07) is 9.15. The lowest BCUT2D eigenvalue weighted by atomic mass is 10.2. The van der Waals surface area contributed by atoms with E-state index >= 15 is 0 Å². The molecular weight excluding hydrogens is 296 g/mol. The monoisotopic (exact) mass is 314 g/mol. The lowest BCUT2D eigenvalue weighted by Crippen LogP contribution is -2.12. The summed E-state index contributed by atoms with van der Waals surface area (Å²) in [7, 11) is 1.58. The minimum Gasteiger partial charge on any atom is -0.497 e. The van der Waals surface area contributed by atoms with Gasteiger partial charge in [0.05, 0.1) is 31.2 Å². The van der Waals surface area contributed by atoms with Gasteiger partial charge in [0, 0.05) is 11.8 Å². The maximum absolute atomic E-state index is 12.2. The normalized spacial score (nSPS) is 11.0. The maximum Gasteiger partial charge on any atom is 0.306 e. The predicted molar refractivity (Wildman–Crippen MR) is 87.0 cm³/mol. The van der Waals surface area contributed by atoms with Crippen molar-refractivity contribution in [2.24, 2.45) is 0 Å². The highest BCUT2D eigenvalue weighted by Crippen LogP contribution is 2.21. The molecule has 3 rings (SSSR count). The molecule has 0 bridgehead atoms. The molecule has 0 saturated carbocycles. The number of H-pyrrole nitrogens is 1. The Labute approximate surface area is 132 Å². The van der Waals surface area contributed by atoms with Crippen molar-refractivity contribution in [2.75, 3.05) is 13.7 Å². The highest BCUT2D eigenvalue weighted by molar-refractivity contribution is 5.80. The van der Waals surface area contributed by atoms with E-state index in [0.717, 1.165) is 11.2 Å². The van der Waals surface area contributed by atoms with Crippen molar-refractivity contribution >= 4 is 22.5 Å². The van der Waals surface area contributed by atoms with Crippen molar-refractivity contribution in [2.45, 2.75) is 19.8 Å². The molecule has 0 spiro atoms. The summed E-state index contributed by atoms with van der Waals surface area (Å²) in [5, 5.41) is 0. The minimum absolute atomic E-state index is 0.173. The molecule has 0 aliphatic heterocycles. The van der Waals surface area contributed by atoms with E-state index < -0.39 is 0 Å². The van der Waals surface area contributed by atoms with Crippen molar-refractivity contribution in [1.29, 1.82) is 0 Å². The smallest absolute Gasteiger partial charge is 0.306 e. The predicted octanol–water partition coefficient (Wildman–Crippen LogP) is 2.29. The van der Waals surface area contributed by atoms with E-state index in [1.165, 1.54) is 0 Å². The Bertz CT molecular complexity index is 923. The van der Waals surface area contributed by atoms with Gasteiger partial charge in [-0.15, -0.1) is 0 Å². The molecular formula is C17H18N2O4. The largest absolute Gasteiger partial charge is 0.497 e. The molecule has 6 nitrogen and oxygen atoms in total. The molecule has 0 aliphatic rings. The van der Waals surface area contributed by atoms with Crippen LogP contribution in [0.2, 0.25) is 0 Å². The van der Waals surface area contributed by atoms with Crippen LogP contribution in [0.15, 0.2) is 35.1 Å². The van der Waals surface area contributed by atoms with Crippen LogP contribution in [0, 0.1) is 0 Å². The lowest BCUT2D eigenvalue weighted by Gasteiger charge is -2.08. The molecule has 1 aromatic carbocycles. The van der Waals surface area contributed by atoms with Crippen LogP contribution < -0.4 is 10.3 Å². The Morgan fingerprint density at radius 1 is 1.22 bits per heavy atom. The van der Waals surface area contributed by atoms with E-state index in [4.69, 9.17) is 9.47 Å². The van der Waals surface area contributed by atoms with Gasteiger partial charge >= 0.3 is 5.97 Å². The van der Waals surface area contributed by atoms with Crippen molar-refractivity contribution in [3.63, 3.8) is 0 Å². The first-order chi connectivity index (χ1) is 11.1. The van der Waals surface area contributed by atoms with Gasteiger partial charge < -0.3 is 18.9 Å². The lowest BCUT2D eigenvalue weighted by molar-refractivity contribution is -0.143. The van der Waals surface area contributed by atoms with Gasteiger partial charge in [0.15, 0.2) is 0 Å². The molecule has 0 amide bonds. The summed E-state index contributed by atoms with van der Waals surface area (Å²) in [6.07, 6.45) is 0.794. The molecule has 2 aromatic heterocycles. The van der Waals surface area contributed by atoms with E-state index in [2.05, 4.69) is 4.98 Å². The van der Waals surface area contributed by atoms with Gasteiger partial charge in [0.1, 0.15) is 11.3 Å². The van der Waals surface area contributed by atoms with Crippen LogP contribution in [0.5, 0.6) is 5.75 Å². The molecule has 0 atom stereocenters. The molecule has 2 heterocycles. The van der Waals surface area contributed by atoms with Crippen LogP contribution in [0.4, 0.5) is 0 Å². The van der Waals surface area contributed by atoms with E-state index in [0.29, 0.717) is 29.8 Å². The molecule has 3 aromatic rings. The maximum atomic E-state index is 12.2. The third kappa shape index (κ3) is 2.79. The summed E-state index contributed by atoms with van der Waals surface area (Å²) in [4.78, 5) is 26.7. The molecule has 23 heavy (non-hydrogen) atoms. The average molecular weight is 314 g/mol. The Balaban J connectivity index is 2.09. The van der Waals surface area contributed by atoms with Crippen molar-refractivity contribution in [1.82, 2.24) is 9.38 Å². The van der Waals surface area contributed by atoms with Crippen molar-refractivity contribution < 1.29 is 14.3 Å². The van der Waals surface area contributed by atoms with Gasteiger partial charge in [0.25, 0.3) is 5.56 Å². The summed E-state index contributed by atoms with van der Waals surface area (Å²) in [5.41, 5.74) is 2.84. The number of hydrogen-bond donors (Lipinski definition) is 1. The number of aromatic amines is 1. The van der Waals surface area contributed by atoms with Gasteiger partial charge in [0.2, 0.25) is 0 Å². The van der Waals surface area contributed by atoms with Crippen LogP contribution in [-0.4, -0.2) is 29.1 Å². The number of ether oxygens (including phenoxy) is 2. The minimum atomic E-state index is -0.238. The standard InChI is InChI=1S/C17H18N2O4/c1-3-23-16(20)9-5-11-4-7-15-17(21)18-13-10-12(22-2)6-8-14(13)19(11)15/h4,6-8,10H,3,5,9H2,1-2H3,(H,18,21). The van der Waals surface area contributed by atoms with Gasteiger partial charge in [-0.3, -0.25) is 9.59 Å². The summed E-state index contributed by atoms with van der Waals surface area (Å²) < 4.78 is 12.0. The second-order valence-corrected chi connectivity index (χ2v) is 5.19. The number of esters is 1. The van der Waals surface area contributed by atoms with Gasteiger partial charge in [-0.2, -0.15) is 0 Å². The molecule has 0 fully saturated rings. The second-order valence-electron chi connectivity index (χ2n) is 5.19. The highest BCUT2D eigenvalue weighted by atomic mass is 16.5. The summed E-state index contributed by atoms with van der Waals surface area (Å²) >= 11 is 0. The molecule has 0 radical (unpaired) electrons. The molecule has 1 N–H and O–H groups in total. The number of carbonyl (C=O) groups is 1. The third-order valence-corrected chi connectivity index (χ3v) is 3.78. The number of aromatic nitrogens is 2. The molecule has 120 valence electrons. The molecule has 0 unspecified atom stereocenters. The zero-order valence-electron chi connectivity index (χ0n) is 13.1. The number of methoxy groups -OCH3 is 1. The zero-order valence-corrected chi connectivity index (χ0v) is 13.1. The Hall–Kier alpha value is -2.76. The van der Waals surface area contributed by atoms with Gasteiger partial charge in [-0.05, 0) is 37.6 Å². The van der Waals surface area contributed by atoms with E-state index in [-0.39, 0.29) is 17.9 Å². The molecule has 0 saturated heterocycles. The Morgan fingerprint density at radius 3 is 2.74 bits per heavy atom. The quantitative estimate of drug-likeness (QED) is 0.733. The fraction of sp³-hybridized carbons (Fsp3) is 0.294. The molecule has 6 heteroatoms. The van der Waals surface area contributed by atoms with E-state index in [1.807, 2.05) is 22.6 Å². The SMILES string of the molecule is CCOC(=O)CCc1ccc2c(=O)[nH]c3cc(OC)ccc3n12. The first kappa shape index (κ1) is 15.1. The number of hydrogen-bond acceptors (Lipinski definition) is 4. The van der Waals surface area contributed by atoms with E-state index in [1.54, 1.807) is 26.2 Å². The van der Waals surface area contributed by atoms with Gasteiger partial charge in [-0.25, -0.2) is 0 Å². The Kier molecular flexibility index (Phi) is 4.06. The van der Waals surface area contributed by atoms with E-state index in [9.17, 15) is 9.59 Å². The van der Waals surface area contributed by atoms with Crippen LogP contribution in [0.3, 0.4) is 0 Å². The average Bonchev–Trinajstić information content (AvgIpc) is 2.97. The number of benzene rings is 1. The Morgan fingerprint density at radius 2 is 2.00 bits per heavy atom. The van der Waals surface area contributed by atoms with Crippen LogP contribution in [-0.2, 0) is 16.0 Å². The number of nitrogens with one attached hydrogen (secondary N) is 1. The fourth-order valence-electron chi connectivity index (χ4n) is 2.72. The van der Waals surface area contributed by atoms with Crippen molar-refractivity contribution in [3.05, 3.63) is 46.4 Å². The number of nitrogens with zero attached hydrogens (tertiary/aromatic N) is 1. The second kappa shape index (κ2) is 6.16.